The molecule has 0 unspecified atom stereocenters. The minimum atomic E-state index is -1.14. The summed E-state index contributed by atoms with van der Waals surface area (Å²) in [6, 6.07) is 18.3. The van der Waals surface area contributed by atoms with E-state index in [0.717, 1.165) is 10.8 Å². The molecule has 0 saturated heterocycles. The predicted octanol–water partition coefficient (Wildman–Crippen LogP) is 4.12. The van der Waals surface area contributed by atoms with Gasteiger partial charge < -0.3 is 15.4 Å². The van der Waals surface area contributed by atoms with Gasteiger partial charge in [-0.2, -0.15) is 0 Å². The van der Waals surface area contributed by atoms with E-state index in [2.05, 4.69) is 10.6 Å². The fourth-order valence-corrected chi connectivity index (χ4v) is 3.88. The zero-order valence-electron chi connectivity index (χ0n) is 19.1. The first-order valence-electron chi connectivity index (χ1n) is 10.9. The van der Waals surface area contributed by atoms with Gasteiger partial charge in [0.25, 0.3) is 11.8 Å². The Morgan fingerprint density at radius 2 is 1.76 bits per heavy atom. The molecule has 0 fully saturated rings. The van der Waals surface area contributed by atoms with E-state index < -0.39 is 5.60 Å². The molecule has 170 valence electrons. The Morgan fingerprint density at radius 1 is 1.03 bits per heavy atom. The Bertz CT molecular complexity index is 1240. The average molecular weight is 446 g/mol. The van der Waals surface area contributed by atoms with Gasteiger partial charge in [0.1, 0.15) is 12.3 Å². The molecular formula is C26H27N3O4. The summed E-state index contributed by atoms with van der Waals surface area (Å²) in [5, 5.41) is 7.67. The zero-order chi connectivity index (χ0) is 23.8. The van der Waals surface area contributed by atoms with Crippen molar-refractivity contribution in [3.05, 3.63) is 66.2 Å². The van der Waals surface area contributed by atoms with Crippen molar-refractivity contribution in [3.63, 3.8) is 0 Å². The first-order valence-corrected chi connectivity index (χ1v) is 10.9. The summed E-state index contributed by atoms with van der Waals surface area (Å²) in [5.41, 5.74) is 0.305. The van der Waals surface area contributed by atoms with Gasteiger partial charge in [-0.3, -0.25) is 19.3 Å². The number of anilines is 2. The number of fused-ring (bicyclic) bond motifs is 2. The summed E-state index contributed by atoms with van der Waals surface area (Å²) in [4.78, 5) is 40.1. The van der Waals surface area contributed by atoms with Crippen molar-refractivity contribution in [1.82, 2.24) is 5.32 Å². The fourth-order valence-electron chi connectivity index (χ4n) is 3.88. The molecule has 2 N–H and O–H groups in total. The van der Waals surface area contributed by atoms with Crippen LogP contribution >= 0.6 is 0 Å². The van der Waals surface area contributed by atoms with Crippen molar-refractivity contribution in [2.24, 2.45) is 0 Å². The summed E-state index contributed by atoms with van der Waals surface area (Å²) in [6.07, 6.45) is 0. The van der Waals surface area contributed by atoms with Crippen LogP contribution in [0.25, 0.3) is 10.8 Å². The molecule has 0 spiro atoms. The highest BCUT2D eigenvalue weighted by molar-refractivity contribution is 6.10. The molecule has 1 aliphatic heterocycles. The molecule has 0 saturated carbocycles. The minimum Gasteiger partial charge on any atom is -0.476 e. The van der Waals surface area contributed by atoms with Crippen LogP contribution in [0, 0.1) is 0 Å². The van der Waals surface area contributed by atoms with Crippen LogP contribution in [0.1, 0.15) is 38.1 Å². The lowest BCUT2D eigenvalue weighted by molar-refractivity contribution is -0.133. The van der Waals surface area contributed by atoms with Crippen molar-refractivity contribution < 1.29 is 19.1 Å². The number of benzene rings is 3. The molecule has 0 aliphatic carbocycles. The van der Waals surface area contributed by atoms with Gasteiger partial charge in [0.15, 0.2) is 5.60 Å². The van der Waals surface area contributed by atoms with Crippen LogP contribution in [0.3, 0.4) is 0 Å². The number of ether oxygens (including phenoxy) is 1. The van der Waals surface area contributed by atoms with E-state index in [1.807, 2.05) is 56.3 Å². The van der Waals surface area contributed by atoms with Crippen molar-refractivity contribution in [2.45, 2.75) is 39.3 Å². The van der Waals surface area contributed by atoms with Gasteiger partial charge in [0.05, 0.1) is 5.69 Å². The minimum absolute atomic E-state index is 0.0343. The Hall–Kier alpha value is -3.87. The number of amides is 3. The van der Waals surface area contributed by atoms with E-state index in [4.69, 9.17) is 4.74 Å². The summed E-state index contributed by atoms with van der Waals surface area (Å²) < 4.78 is 5.88. The van der Waals surface area contributed by atoms with Gasteiger partial charge in [0.2, 0.25) is 5.91 Å². The molecule has 0 radical (unpaired) electrons. The second-order valence-corrected chi connectivity index (χ2v) is 8.89. The third kappa shape index (κ3) is 4.53. The first-order chi connectivity index (χ1) is 15.7. The van der Waals surface area contributed by atoms with E-state index in [0.29, 0.717) is 22.7 Å². The van der Waals surface area contributed by atoms with Crippen LogP contribution in [-0.2, 0) is 9.59 Å². The van der Waals surface area contributed by atoms with Crippen LogP contribution < -0.4 is 20.3 Å². The van der Waals surface area contributed by atoms with Crippen molar-refractivity contribution in [1.29, 1.82) is 0 Å². The molecule has 3 aromatic carbocycles. The summed E-state index contributed by atoms with van der Waals surface area (Å²) in [7, 11) is 0. The smallest absolute Gasteiger partial charge is 0.271 e. The fraction of sp³-hybridized carbons (Fsp3) is 0.269. The Kier molecular flexibility index (Phi) is 5.80. The van der Waals surface area contributed by atoms with Crippen LogP contribution in [0.5, 0.6) is 5.75 Å². The maximum absolute atomic E-state index is 13.2. The van der Waals surface area contributed by atoms with Crippen molar-refractivity contribution in [3.8, 4) is 5.75 Å². The molecule has 0 atom stereocenters. The lowest BCUT2D eigenvalue weighted by atomic mass is 10.0. The van der Waals surface area contributed by atoms with Gasteiger partial charge in [-0.25, -0.2) is 0 Å². The van der Waals surface area contributed by atoms with E-state index in [1.54, 1.807) is 32.0 Å². The number of nitrogens with one attached hydrogen (secondary N) is 2. The molecule has 3 amide bonds. The molecule has 33 heavy (non-hydrogen) atoms. The van der Waals surface area contributed by atoms with E-state index in [9.17, 15) is 14.4 Å². The van der Waals surface area contributed by atoms with Crippen LogP contribution in [-0.4, -0.2) is 35.9 Å². The number of rotatable bonds is 5. The predicted molar refractivity (Wildman–Crippen MR) is 129 cm³/mol. The summed E-state index contributed by atoms with van der Waals surface area (Å²) in [5.74, 6) is -0.520. The van der Waals surface area contributed by atoms with Crippen molar-refractivity contribution in [2.75, 3.05) is 16.8 Å². The topological polar surface area (TPSA) is 87.7 Å². The Balaban J connectivity index is 1.64. The summed E-state index contributed by atoms with van der Waals surface area (Å²) in [6.45, 7) is 6.85. The number of hydrogen-bond acceptors (Lipinski definition) is 4. The standard InChI is InChI=1S/C26H27N3O4/c1-16(2)27-24(31)18-12-13-22-21(14-18)29(25(32)26(3,4)33-22)15-23(30)28-20-11-7-9-17-8-5-6-10-19(17)20/h5-14,16H,15H2,1-4H3,(H,27,31)(H,28,30). The molecule has 7 heteroatoms. The van der Waals surface area contributed by atoms with Crippen molar-refractivity contribution >= 4 is 39.9 Å². The maximum Gasteiger partial charge on any atom is 0.271 e. The molecular weight excluding hydrogens is 418 g/mol. The summed E-state index contributed by atoms with van der Waals surface area (Å²) >= 11 is 0. The van der Waals surface area contributed by atoms with Gasteiger partial charge in [-0.1, -0.05) is 36.4 Å². The highest BCUT2D eigenvalue weighted by Crippen LogP contribution is 2.38. The highest BCUT2D eigenvalue weighted by atomic mass is 16.5. The van der Waals surface area contributed by atoms with Crippen LogP contribution in [0.15, 0.2) is 60.7 Å². The number of hydrogen-bond donors (Lipinski definition) is 2. The SMILES string of the molecule is CC(C)NC(=O)c1ccc2c(c1)N(CC(=O)Nc1cccc3ccccc13)C(=O)C(C)(C)O2. The molecule has 0 bridgehead atoms. The number of carbonyl (C=O) groups is 3. The van der Waals surface area contributed by atoms with Crippen LogP contribution in [0.2, 0.25) is 0 Å². The molecule has 7 nitrogen and oxygen atoms in total. The average Bonchev–Trinajstić information content (AvgIpc) is 2.76. The van der Waals surface area contributed by atoms with Gasteiger partial charge >= 0.3 is 0 Å². The zero-order valence-corrected chi connectivity index (χ0v) is 19.1. The van der Waals surface area contributed by atoms with Gasteiger partial charge in [0, 0.05) is 22.7 Å². The monoisotopic (exact) mass is 445 g/mol. The molecule has 3 aromatic rings. The lowest BCUT2D eigenvalue weighted by Gasteiger charge is -2.38. The Labute approximate surface area is 192 Å². The Morgan fingerprint density at radius 3 is 2.52 bits per heavy atom. The van der Waals surface area contributed by atoms with Crippen LogP contribution in [0.4, 0.5) is 11.4 Å². The third-order valence-corrected chi connectivity index (χ3v) is 5.42. The highest BCUT2D eigenvalue weighted by Gasteiger charge is 2.42. The molecule has 0 aromatic heterocycles. The van der Waals surface area contributed by atoms with Gasteiger partial charge in [-0.05, 0) is 57.3 Å². The maximum atomic E-state index is 13.2. The number of nitrogens with zero attached hydrogens (tertiary/aromatic N) is 1. The van der Waals surface area contributed by atoms with E-state index >= 15 is 0 Å². The number of carbonyl (C=O) groups excluding carboxylic acids is 3. The quantitative estimate of drug-likeness (QED) is 0.618. The third-order valence-electron chi connectivity index (χ3n) is 5.42. The largest absolute Gasteiger partial charge is 0.476 e. The van der Waals surface area contributed by atoms with E-state index in [1.165, 1.54) is 4.90 Å². The second kappa shape index (κ2) is 8.58. The first kappa shape index (κ1) is 22.3. The normalized spacial score (nSPS) is 14.6. The lowest BCUT2D eigenvalue weighted by Crippen LogP contribution is -2.54. The van der Waals surface area contributed by atoms with E-state index in [-0.39, 0.29) is 30.3 Å². The second-order valence-electron chi connectivity index (χ2n) is 8.89. The molecule has 1 aliphatic rings. The molecule has 4 rings (SSSR count). The van der Waals surface area contributed by atoms with Gasteiger partial charge in [-0.15, -0.1) is 0 Å². The molecule has 1 heterocycles.